The average Bonchev–Trinajstić information content (AvgIpc) is 1.51. The monoisotopic (exact) mass is 1870 g/mol. The summed E-state index contributed by atoms with van der Waals surface area (Å²) in [6, 6.07) is 141. The normalized spacial score (nSPS) is 15.6. The van der Waals surface area contributed by atoms with Crippen molar-refractivity contribution in [2.24, 2.45) is 0 Å². The van der Waals surface area contributed by atoms with Crippen molar-refractivity contribution in [2.45, 2.75) is 135 Å². The van der Waals surface area contributed by atoms with E-state index >= 15 is 0 Å². The van der Waals surface area contributed by atoms with Gasteiger partial charge < -0.3 is 19.3 Å². The Hall–Kier alpha value is -17.0. The topological polar surface area (TPSA) is 131 Å². The van der Waals surface area contributed by atoms with Gasteiger partial charge in [0.25, 0.3) is 0 Å². The second-order valence-corrected chi connectivity index (χ2v) is 43.3. The minimum absolute atomic E-state index is 0.152. The van der Waals surface area contributed by atoms with Crippen LogP contribution in [0.3, 0.4) is 0 Å². The Morgan fingerprint density at radius 1 is 0.152 bits per heavy atom. The number of anilines is 9. The zero-order valence-corrected chi connectivity index (χ0v) is 83.8. The molecule has 28 rings (SSSR count). The van der Waals surface area contributed by atoms with Gasteiger partial charge in [-0.05, 0) is 163 Å². The number of hydrogen-bond acceptors (Lipinski definition) is 12. The molecule has 13 nitrogen and oxygen atoms in total. The van der Waals surface area contributed by atoms with Gasteiger partial charge in [-0.1, -0.05) is 406 Å². The van der Waals surface area contributed by atoms with Crippen molar-refractivity contribution in [3.8, 4) is 108 Å². The zero-order valence-electron chi connectivity index (χ0n) is 83.8. The van der Waals surface area contributed by atoms with Crippen LogP contribution in [0.5, 0.6) is 0 Å². The molecule has 4 aromatic heterocycles. The number of nitrogens with zero attached hydrogens (tertiary/aromatic N) is 13. The van der Waals surface area contributed by atoms with E-state index in [1.54, 1.807) is 0 Å². The van der Waals surface area contributed by atoms with E-state index in [1.807, 2.05) is 103 Å². The molecule has 11 heterocycles. The molecule has 17 aromatic carbocycles. The maximum absolute atomic E-state index is 5.54. The summed E-state index contributed by atoms with van der Waals surface area (Å²) in [5, 5.41) is 2.56. The van der Waals surface area contributed by atoms with Gasteiger partial charge in [-0.15, -0.1) is 0 Å². The van der Waals surface area contributed by atoms with Crippen molar-refractivity contribution in [3.63, 3.8) is 0 Å². The van der Waals surface area contributed by atoms with Crippen LogP contribution in [0.25, 0.3) is 130 Å². The number of rotatable bonds is 9. The highest BCUT2D eigenvalue weighted by Gasteiger charge is 2.51. The summed E-state index contributed by atoms with van der Waals surface area (Å²) in [4.78, 5) is 53.8. The molecule has 0 saturated heterocycles. The maximum Gasteiger partial charge on any atom is 0.164 e. The Kier molecular flexibility index (Phi) is 19.8. The lowest BCUT2D eigenvalue weighted by molar-refractivity contribution is 0.597. The van der Waals surface area contributed by atoms with Gasteiger partial charge in [-0.3, -0.25) is 0 Å². The van der Waals surface area contributed by atoms with Crippen LogP contribution in [0.15, 0.2) is 394 Å². The third-order valence-electron chi connectivity index (χ3n) is 32.3. The standard InChI is InChI=1S/C57H49N5.C39H32N4.C36H26N4/c1-54(2)37-22-12-16-26-45(37)61-46-27-17-13-23-38(46)55(3,4)42-31-35(30-41(54)49(42)61)52-58-51(34-20-10-9-11-21-34)59-53(60-52)36-32-43-50-44(33-36)57(7,8)40-25-15-19-29-48(40)62(50)47-28-18-14-24-39(47)56(43,5)6;1-38(2)28-19-11-13-21-32(28)43-33-22-14-12-20-29(33)39(3,4)31-24-27(23-30(38)34(31)43)37-41-35(25-15-7-5-8-16-25)40-36(42-37)26-17-9-6-10-18-26;1-36(2)28-21-20-25(22-31(28)40-30-19-10-9-16-26(30)27-17-11-18-29(36)32(27)40)35-38-33(23-12-5-3-6-13-23)37-34(39-35)24-14-7-4-8-15-24/h9-33H,1-8H3;5-24H,1-4H3;3-22H,1-2H3. The first-order valence-electron chi connectivity index (χ1n) is 50.5. The van der Waals surface area contributed by atoms with Crippen molar-refractivity contribution in [1.82, 2.24) is 49.4 Å². The minimum atomic E-state index is -0.287. The first-order chi connectivity index (χ1) is 70.2. The molecule has 0 fully saturated rings. The number of fused-ring (bicyclic) bond motifs is 17. The van der Waals surface area contributed by atoms with E-state index in [2.05, 4.69) is 407 Å². The number of para-hydroxylation sites is 8. The molecule has 0 unspecified atom stereocenters. The minimum Gasteiger partial charge on any atom is -0.309 e. The van der Waals surface area contributed by atoms with E-state index < -0.39 is 0 Å². The van der Waals surface area contributed by atoms with Crippen LogP contribution in [-0.4, -0.2) is 49.4 Å². The number of aromatic nitrogens is 10. The summed E-state index contributed by atoms with van der Waals surface area (Å²) >= 11 is 0. The Morgan fingerprint density at radius 2 is 0.359 bits per heavy atom. The molecule has 700 valence electrons. The van der Waals surface area contributed by atoms with Gasteiger partial charge in [-0.2, -0.15) is 0 Å². The summed E-state index contributed by atoms with van der Waals surface area (Å²) < 4.78 is 2.43. The Morgan fingerprint density at radius 3 is 0.634 bits per heavy atom. The van der Waals surface area contributed by atoms with Gasteiger partial charge in [0.1, 0.15) is 0 Å². The van der Waals surface area contributed by atoms with Crippen LogP contribution < -0.4 is 14.7 Å². The van der Waals surface area contributed by atoms with E-state index in [-0.39, 0.29) is 37.9 Å². The van der Waals surface area contributed by atoms with Gasteiger partial charge in [0, 0.05) is 98.7 Å². The van der Waals surface area contributed by atoms with Gasteiger partial charge >= 0.3 is 0 Å². The van der Waals surface area contributed by atoms with Crippen molar-refractivity contribution in [1.29, 1.82) is 0 Å². The SMILES string of the molecule is CC1(C)c2ccc(-c3nc(-c4ccccc4)nc(-c4ccccc4)n3)cc2-n2c3ccccc3c3cccc1c32.CC1(C)c2ccccc2N2c3ccccc3C(C)(C)c3cc(-c4nc(-c5ccccc5)nc(-c5cc6c7c(c5)C(C)(C)c5ccccc5N7c5ccccc5C6(C)C)n4)cc1c32.CC1(C)c2ccccc2N2c3ccccc3C(C)(C)c3cc(-c4nc(-c5ccccc5)nc(-c5ccccc5)n4)cc1c32. The van der Waals surface area contributed by atoms with Crippen molar-refractivity contribution in [3.05, 3.63) is 472 Å². The zero-order chi connectivity index (χ0) is 98.7. The lowest BCUT2D eigenvalue weighted by atomic mass is 9.66. The smallest absolute Gasteiger partial charge is 0.164 e. The maximum atomic E-state index is 5.54. The third-order valence-corrected chi connectivity index (χ3v) is 32.3. The third kappa shape index (κ3) is 13.5. The lowest BCUT2D eigenvalue weighted by Crippen LogP contribution is -2.38. The Labute approximate surface area is 846 Å². The summed E-state index contributed by atoms with van der Waals surface area (Å²) in [7, 11) is 0. The molecule has 0 radical (unpaired) electrons. The van der Waals surface area contributed by atoms with E-state index in [4.69, 9.17) is 44.9 Å². The van der Waals surface area contributed by atoms with Gasteiger partial charge in [0.15, 0.2) is 52.4 Å². The Balaban J connectivity index is 0.000000114. The van der Waals surface area contributed by atoms with E-state index in [0.717, 1.165) is 50.1 Å². The van der Waals surface area contributed by atoms with Gasteiger partial charge in [-0.25, -0.2) is 44.9 Å². The van der Waals surface area contributed by atoms with E-state index in [0.29, 0.717) is 52.4 Å². The fraction of sp³-hybridized carbons (Fsp3) is 0.159. The molecule has 0 atom stereocenters. The molecular formula is C132H107N13. The summed E-state index contributed by atoms with van der Waals surface area (Å²) in [6.07, 6.45) is 0. The van der Waals surface area contributed by atoms with Crippen LogP contribution >= 0.6 is 0 Å². The average molecular weight is 1880 g/mol. The summed E-state index contributed by atoms with van der Waals surface area (Å²) in [6.45, 7) is 33.0. The lowest BCUT2D eigenvalue weighted by Gasteiger charge is -2.49. The first-order valence-corrected chi connectivity index (χ1v) is 50.5. The van der Waals surface area contributed by atoms with Gasteiger partial charge in [0.05, 0.1) is 67.9 Å². The van der Waals surface area contributed by atoms with Gasteiger partial charge in [0.2, 0.25) is 0 Å². The second kappa shape index (κ2) is 32.5. The van der Waals surface area contributed by atoms with Crippen LogP contribution in [-0.2, 0) is 37.9 Å². The molecule has 0 saturated carbocycles. The Bertz CT molecular complexity index is 8370. The predicted molar refractivity (Wildman–Crippen MR) is 592 cm³/mol. The van der Waals surface area contributed by atoms with E-state index in [9.17, 15) is 0 Å². The molecule has 0 bridgehead atoms. The van der Waals surface area contributed by atoms with Crippen LogP contribution in [0.2, 0.25) is 0 Å². The van der Waals surface area contributed by atoms with Crippen molar-refractivity contribution in [2.75, 3.05) is 14.7 Å². The largest absolute Gasteiger partial charge is 0.309 e. The molecule has 145 heavy (non-hydrogen) atoms. The van der Waals surface area contributed by atoms with Crippen molar-refractivity contribution >= 4 is 73.0 Å². The molecule has 7 aliphatic rings. The second-order valence-electron chi connectivity index (χ2n) is 43.3. The molecule has 7 aliphatic heterocycles. The predicted octanol–water partition coefficient (Wildman–Crippen LogP) is 32.6. The molecular weight excluding hydrogens is 1770 g/mol. The number of hydrogen-bond donors (Lipinski definition) is 0. The fourth-order valence-electron chi connectivity index (χ4n) is 24.6. The molecule has 0 aliphatic carbocycles. The van der Waals surface area contributed by atoms with Crippen molar-refractivity contribution < 1.29 is 0 Å². The highest BCUT2D eigenvalue weighted by molar-refractivity contribution is 6.12. The van der Waals surface area contributed by atoms with E-state index in [1.165, 1.54) is 157 Å². The highest BCUT2D eigenvalue weighted by atomic mass is 15.2. The number of benzene rings is 17. The first kappa shape index (κ1) is 88.2. The molecule has 0 spiro atoms. The summed E-state index contributed by atoms with van der Waals surface area (Å²) in [5.41, 5.74) is 40.1. The quantitative estimate of drug-likeness (QED) is 0.136. The van der Waals surface area contributed by atoms with Crippen LogP contribution in [0.1, 0.15) is 175 Å². The van der Waals surface area contributed by atoms with Crippen LogP contribution in [0.4, 0.5) is 51.2 Å². The molecule has 21 aromatic rings. The molecule has 0 amide bonds. The van der Waals surface area contributed by atoms with Crippen LogP contribution in [0, 0.1) is 0 Å². The highest BCUT2D eigenvalue weighted by Crippen LogP contribution is 2.66. The fourth-order valence-corrected chi connectivity index (χ4v) is 24.6. The molecule has 13 heteroatoms. The molecule has 0 N–H and O–H groups in total. The summed E-state index contributed by atoms with van der Waals surface area (Å²) in [5.74, 6) is 6.04.